The van der Waals surface area contributed by atoms with Gasteiger partial charge in [-0.25, -0.2) is 0 Å². The second kappa shape index (κ2) is 9.72. The molecule has 0 saturated heterocycles. The maximum atomic E-state index is 5.45. The lowest BCUT2D eigenvalue weighted by Gasteiger charge is -2.20. The van der Waals surface area contributed by atoms with Crippen molar-refractivity contribution < 1.29 is 4.74 Å². The first-order valence-corrected chi connectivity index (χ1v) is 8.78. The highest BCUT2D eigenvalue weighted by Crippen LogP contribution is 2.25. The van der Waals surface area contributed by atoms with Crippen LogP contribution in [-0.2, 0) is 0 Å². The number of benzene rings is 2. The summed E-state index contributed by atoms with van der Waals surface area (Å²) in [4.78, 5) is 4.33. The first kappa shape index (κ1) is 18.8. The minimum absolute atomic E-state index is 0.321. The summed E-state index contributed by atoms with van der Waals surface area (Å²) in [5.74, 6) is 2.50. The van der Waals surface area contributed by atoms with Crippen molar-refractivity contribution in [2.45, 2.75) is 25.7 Å². The summed E-state index contributed by atoms with van der Waals surface area (Å²) in [6.45, 7) is 6.03. The summed E-state index contributed by atoms with van der Waals surface area (Å²) in [7, 11) is 3.51. The molecule has 0 aromatic heterocycles. The van der Waals surface area contributed by atoms with E-state index in [1.54, 1.807) is 14.2 Å². The first-order valence-electron chi connectivity index (χ1n) is 8.78. The smallest absolute Gasteiger partial charge is 0.191 e. The van der Waals surface area contributed by atoms with Gasteiger partial charge in [-0.15, -0.1) is 0 Å². The Bertz CT molecular complexity index is 670. The highest BCUT2D eigenvalue weighted by atomic mass is 16.5. The predicted molar refractivity (Wildman–Crippen MR) is 106 cm³/mol. The van der Waals surface area contributed by atoms with Gasteiger partial charge in [0.15, 0.2) is 5.96 Å². The van der Waals surface area contributed by atoms with E-state index in [0.29, 0.717) is 11.8 Å². The quantitative estimate of drug-likeness (QED) is 0.596. The number of guanidine groups is 1. The summed E-state index contributed by atoms with van der Waals surface area (Å²) >= 11 is 0. The zero-order chi connectivity index (χ0) is 18.1. The third kappa shape index (κ3) is 5.52. The maximum Gasteiger partial charge on any atom is 0.191 e. The molecule has 0 radical (unpaired) electrons. The van der Waals surface area contributed by atoms with Gasteiger partial charge in [0, 0.05) is 26.1 Å². The van der Waals surface area contributed by atoms with Crippen molar-refractivity contribution in [1.29, 1.82) is 0 Å². The second-order valence-electron chi connectivity index (χ2n) is 6.29. The molecule has 2 atom stereocenters. The van der Waals surface area contributed by atoms with Crippen molar-refractivity contribution in [2.24, 2.45) is 4.99 Å². The van der Waals surface area contributed by atoms with Gasteiger partial charge in [-0.05, 0) is 23.1 Å². The van der Waals surface area contributed by atoms with E-state index in [0.717, 1.165) is 24.8 Å². The van der Waals surface area contributed by atoms with Crippen molar-refractivity contribution in [3.8, 4) is 5.75 Å². The average molecular weight is 339 g/mol. The molecule has 2 aromatic rings. The van der Waals surface area contributed by atoms with Gasteiger partial charge >= 0.3 is 0 Å². The highest BCUT2D eigenvalue weighted by Gasteiger charge is 2.12. The Kier molecular flexibility index (Phi) is 7.33. The number of ether oxygens (including phenoxy) is 1. The van der Waals surface area contributed by atoms with Crippen molar-refractivity contribution in [1.82, 2.24) is 10.6 Å². The molecule has 0 bridgehead atoms. The van der Waals surface area contributed by atoms with Gasteiger partial charge in [0.25, 0.3) is 0 Å². The predicted octanol–water partition coefficient (Wildman–Crippen LogP) is 3.77. The largest absolute Gasteiger partial charge is 0.496 e. The maximum absolute atomic E-state index is 5.45. The van der Waals surface area contributed by atoms with Crippen LogP contribution in [0.15, 0.2) is 59.6 Å². The van der Waals surface area contributed by atoms with E-state index in [4.69, 9.17) is 4.74 Å². The Hall–Kier alpha value is -2.49. The summed E-state index contributed by atoms with van der Waals surface area (Å²) in [6.07, 6.45) is 0. The van der Waals surface area contributed by atoms with Crippen LogP contribution in [0.2, 0.25) is 0 Å². The van der Waals surface area contributed by atoms with Crippen LogP contribution < -0.4 is 15.4 Å². The van der Waals surface area contributed by atoms with Crippen LogP contribution in [0, 0.1) is 0 Å². The molecule has 0 spiro atoms. The Labute approximate surface area is 151 Å². The van der Waals surface area contributed by atoms with E-state index in [9.17, 15) is 0 Å². The van der Waals surface area contributed by atoms with E-state index < -0.39 is 0 Å². The molecule has 4 nitrogen and oxygen atoms in total. The molecule has 134 valence electrons. The number of hydrogen-bond donors (Lipinski definition) is 2. The molecule has 0 aliphatic heterocycles. The van der Waals surface area contributed by atoms with E-state index in [1.165, 1.54) is 11.1 Å². The van der Waals surface area contributed by atoms with Crippen LogP contribution >= 0.6 is 0 Å². The molecule has 0 saturated carbocycles. The number of para-hydroxylation sites is 1. The summed E-state index contributed by atoms with van der Waals surface area (Å²) in [6, 6.07) is 18.7. The zero-order valence-electron chi connectivity index (χ0n) is 15.6. The fourth-order valence-corrected chi connectivity index (χ4v) is 2.80. The molecule has 0 amide bonds. The van der Waals surface area contributed by atoms with Gasteiger partial charge in [0.2, 0.25) is 0 Å². The van der Waals surface area contributed by atoms with Crippen molar-refractivity contribution >= 4 is 5.96 Å². The minimum atomic E-state index is 0.321. The lowest BCUT2D eigenvalue weighted by Crippen LogP contribution is -2.40. The van der Waals surface area contributed by atoms with Crippen molar-refractivity contribution in [3.05, 3.63) is 65.7 Å². The van der Waals surface area contributed by atoms with Gasteiger partial charge in [-0.3, -0.25) is 4.99 Å². The van der Waals surface area contributed by atoms with E-state index >= 15 is 0 Å². The number of nitrogens with zero attached hydrogens (tertiary/aromatic N) is 1. The number of methoxy groups -OCH3 is 1. The fourth-order valence-electron chi connectivity index (χ4n) is 2.80. The normalized spacial score (nSPS) is 13.8. The second-order valence-corrected chi connectivity index (χ2v) is 6.29. The average Bonchev–Trinajstić information content (AvgIpc) is 2.68. The Morgan fingerprint density at radius 3 is 2.16 bits per heavy atom. The Balaban J connectivity index is 1.86. The molecule has 0 aliphatic carbocycles. The minimum Gasteiger partial charge on any atom is -0.496 e. The van der Waals surface area contributed by atoms with Crippen LogP contribution in [0.3, 0.4) is 0 Å². The third-order valence-corrected chi connectivity index (χ3v) is 4.41. The molecule has 2 rings (SSSR count). The van der Waals surface area contributed by atoms with Gasteiger partial charge in [-0.2, -0.15) is 0 Å². The van der Waals surface area contributed by atoms with E-state index in [-0.39, 0.29) is 0 Å². The van der Waals surface area contributed by atoms with Crippen molar-refractivity contribution in [3.63, 3.8) is 0 Å². The van der Waals surface area contributed by atoms with Crippen LogP contribution in [0.4, 0.5) is 0 Å². The number of nitrogens with one attached hydrogen (secondary N) is 2. The molecule has 0 fully saturated rings. The number of rotatable bonds is 7. The van der Waals surface area contributed by atoms with Crippen LogP contribution in [0.25, 0.3) is 0 Å². The van der Waals surface area contributed by atoms with E-state index in [1.807, 2.05) is 24.3 Å². The molecule has 25 heavy (non-hydrogen) atoms. The van der Waals surface area contributed by atoms with Gasteiger partial charge in [0.1, 0.15) is 5.75 Å². The molecule has 0 aliphatic rings. The molecule has 0 heterocycles. The highest BCUT2D eigenvalue weighted by molar-refractivity contribution is 5.79. The topological polar surface area (TPSA) is 45.7 Å². The molecule has 2 aromatic carbocycles. The summed E-state index contributed by atoms with van der Waals surface area (Å²) < 4.78 is 5.45. The molecular weight excluding hydrogens is 310 g/mol. The Morgan fingerprint density at radius 1 is 0.920 bits per heavy atom. The number of aliphatic imine (C=N–C) groups is 1. The lowest BCUT2D eigenvalue weighted by atomic mass is 10.00. The van der Waals surface area contributed by atoms with Crippen LogP contribution in [0.1, 0.15) is 36.8 Å². The fraction of sp³-hybridized carbons (Fsp3) is 0.381. The summed E-state index contributed by atoms with van der Waals surface area (Å²) in [5.41, 5.74) is 2.53. The lowest BCUT2D eigenvalue weighted by molar-refractivity contribution is 0.406. The number of hydrogen-bond acceptors (Lipinski definition) is 2. The standard InChI is InChI=1S/C21H29N3O/c1-16(18-10-6-5-7-11-18)14-23-21(22-3)24-15-17(2)19-12-8-9-13-20(19)25-4/h5-13,16-17H,14-15H2,1-4H3,(H2,22,23,24). The third-order valence-electron chi connectivity index (χ3n) is 4.41. The zero-order valence-corrected chi connectivity index (χ0v) is 15.6. The van der Waals surface area contributed by atoms with Crippen LogP contribution in [-0.4, -0.2) is 33.2 Å². The molecule has 4 heteroatoms. The van der Waals surface area contributed by atoms with Crippen LogP contribution in [0.5, 0.6) is 5.75 Å². The molecule has 2 unspecified atom stereocenters. The van der Waals surface area contributed by atoms with Gasteiger partial charge < -0.3 is 15.4 Å². The molecule has 2 N–H and O–H groups in total. The SMILES string of the molecule is CN=C(NCC(C)c1ccccc1)NCC(C)c1ccccc1OC. The first-order chi connectivity index (χ1) is 12.2. The van der Waals surface area contributed by atoms with Gasteiger partial charge in [0.05, 0.1) is 7.11 Å². The van der Waals surface area contributed by atoms with Gasteiger partial charge in [-0.1, -0.05) is 62.4 Å². The van der Waals surface area contributed by atoms with Crippen molar-refractivity contribution in [2.75, 3.05) is 27.2 Å². The summed E-state index contributed by atoms with van der Waals surface area (Å²) in [5, 5.41) is 6.82. The molecular formula is C21H29N3O. The Morgan fingerprint density at radius 2 is 1.52 bits per heavy atom. The van der Waals surface area contributed by atoms with E-state index in [2.05, 4.69) is 59.8 Å². The monoisotopic (exact) mass is 339 g/mol.